The van der Waals surface area contributed by atoms with E-state index in [9.17, 15) is 13.6 Å². The number of carbonyl (C=O) groups is 1. The average Bonchev–Trinajstić information content (AvgIpc) is 3.16. The van der Waals surface area contributed by atoms with Crippen LogP contribution >= 0.6 is 0 Å². The lowest BCUT2D eigenvalue weighted by molar-refractivity contribution is 0.0717. The van der Waals surface area contributed by atoms with Gasteiger partial charge in [-0.2, -0.15) is 0 Å². The van der Waals surface area contributed by atoms with E-state index >= 15 is 0 Å². The van der Waals surface area contributed by atoms with Gasteiger partial charge in [-0.05, 0) is 37.8 Å². The molecule has 1 aliphatic carbocycles. The molecule has 1 unspecified atom stereocenters. The van der Waals surface area contributed by atoms with E-state index < -0.39 is 23.1 Å². The minimum atomic E-state index is -0.977. The highest BCUT2D eigenvalue weighted by atomic mass is 19.1. The van der Waals surface area contributed by atoms with Gasteiger partial charge in [0.05, 0.1) is 5.69 Å². The zero-order valence-electron chi connectivity index (χ0n) is 10.4. The molecule has 1 saturated carbocycles. The van der Waals surface area contributed by atoms with Crippen molar-refractivity contribution in [3.63, 3.8) is 0 Å². The van der Waals surface area contributed by atoms with Crippen LogP contribution in [-0.2, 0) is 0 Å². The van der Waals surface area contributed by atoms with E-state index in [1.807, 2.05) is 6.92 Å². The Kier molecular flexibility index (Phi) is 3.24. The first-order valence-electron chi connectivity index (χ1n) is 5.94. The average molecular weight is 254 g/mol. The summed E-state index contributed by atoms with van der Waals surface area (Å²) in [5.41, 5.74) is 4.58. The number of anilines is 1. The maximum Gasteiger partial charge on any atom is 0.259 e. The molecule has 1 aromatic rings. The summed E-state index contributed by atoms with van der Waals surface area (Å²) in [4.78, 5) is 13.5. The van der Waals surface area contributed by atoms with Gasteiger partial charge >= 0.3 is 0 Å². The normalized spacial score (nSPS) is 16.4. The van der Waals surface area contributed by atoms with Gasteiger partial charge in [-0.1, -0.05) is 0 Å². The maximum atomic E-state index is 13.7. The Morgan fingerprint density at radius 1 is 1.44 bits per heavy atom. The Bertz CT molecular complexity index is 486. The molecule has 2 rings (SSSR count). The Hall–Kier alpha value is -1.65. The predicted molar refractivity (Wildman–Crippen MR) is 65.0 cm³/mol. The highest BCUT2D eigenvalue weighted by Gasteiger charge is 2.34. The number of nitrogens with zero attached hydrogens (tertiary/aromatic N) is 1. The van der Waals surface area contributed by atoms with E-state index in [1.165, 1.54) is 4.90 Å². The van der Waals surface area contributed by atoms with Crippen LogP contribution in [0.4, 0.5) is 14.5 Å². The van der Waals surface area contributed by atoms with Crippen LogP contribution in [0.1, 0.15) is 30.1 Å². The fourth-order valence-corrected chi connectivity index (χ4v) is 2.02. The van der Waals surface area contributed by atoms with E-state index in [2.05, 4.69) is 0 Å². The molecule has 98 valence electrons. The highest BCUT2D eigenvalue weighted by molar-refractivity contribution is 5.95. The van der Waals surface area contributed by atoms with Crippen LogP contribution in [0, 0.1) is 17.6 Å². The first kappa shape index (κ1) is 12.8. The molecule has 1 atom stereocenters. The van der Waals surface area contributed by atoms with Gasteiger partial charge in [0.25, 0.3) is 5.91 Å². The summed E-state index contributed by atoms with van der Waals surface area (Å²) in [7, 11) is 1.56. The molecule has 0 bridgehead atoms. The Morgan fingerprint density at radius 3 is 2.61 bits per heavy atom. The maximum absolute atomic E-state index is 13.7. The second-order valence-electron chi connectivity index (χ2n) is 4.82. The third-order valence-corrected chi connectivity index (χ3v) is 3.57. The van der Waals surface area contributed by atoms with Crippen LogP contribution in [0.2, 0.25) is 0 Å². The minimum absolute atomic E-state index is 0.0160. The van der Waals surface area contributed by atoms with Crippen molar-refractivity contribution in [1.29, 1.82) is 0 Å². The molecule has 5 heteroatoms. The van der Waals surface area contributed by atoms with Gasteiger partial charge < -0.3 is 10.6 Å². The third-order valence-electron chi connectivity index (χ3n) is 3.57. The lowest BCUT2D eigenvalue weighted by atomic mass is 10.1. The molecule has 0 saturated heterocycles. The Morgan fingerprint density at radius 2 is 2.06 bits per heavy atom. The number of nitrogen functional groups attached to an aromatic ring is 1. The van der Waals surface area contributed by atoms with Crippen molar-refractivity contribution >= 4 is 11.6 Å². The molecule has 2 N–H and O–H groups in total. The molecule has 3 nitrogen and oxygen atoms in total. The van der Waals surface area contributed by atoms with Crippen molar-refractivity contribution in [2.24, 2.45) is 5.92 Å². The number of hydrogen-bond acceptors (Lipinski definition) is 2. The molecular weight excluding hydrogens is 238 g/mol. The van der Waals surface area contributed by atoms with Crippen molar-refractivity contribution in [3.8, 4) is 0 Å². The van der Waals surface area contributed by atoms with Crippen LogP contribution < -0.4 is 5.73 Å². The molecule has 0 aliphatic heterocycles. The topological polar surface area (TPSA) is 46.3 Å². The Labute approximate surface area is 105 Å². The van der Waals surface area contributed by atoms with E-state index in [0.717, 1.165) is 25.0 Å². The molecule has 1 amide bonds. The van der Waals surface area contributed by atoms with E-state index in [-0.39, 0.29) is 11.7 Å². The molecular formula is C13H16F2N2O. The predicted octanol–water partition coefficient (Wildman–Crippen LogP) is 2.42. The van der Waals surface area contributed by atoms with Gasteiger partial charge in [0.2, 0.25) is 0 Å². The molecule has 18 heavy (non-hydrogen) atoms. The SMILES string of the molecule is CC(C1CC1)N(C)C(=O)c1c(F)ccc(N)c1F. The number of nitrogens with two attached hydrogens (primary N) is 1. The fraction of sp³-hybridized carbons (Fsp3) is 0.462. The first-order chi connectivity index (χ1) is 8.43. The van der Waals surface area contributed by atoms with Gasteiger partial charge in [-0.3, -0.25) is 4.79 Å². The van der Waals surface area contributed by atoms with E-state index in [0.29, 0.717) is 5.92 Å². The highest BCUT2D eigenvalue weighted by Crippen LogP contribution is 2.35. The number of hydrogen-bond donors (Lipinski definition) is 1. The molecule has 1 fully saturated rings. The van der Waals surface area contributed by atoms with Crippen LogP contribution in [0.15, 0.2) is 12.1 Å². The van der Waals surface area contributed by atoms with Gasteiger partial charge in [-0.15, -0.1) is 0 Å². The summed E-state index contributed by atoms with van der Waals surface area (Å²) in [6.07, 6.45) is 2.11. The number of carbonyl (C=O) groups excluding carboxylic acids is 1. The fourth-order valence-electron chi connectivity index (χ4n) is 2.02. The third kappa shape index (κ3) is 2.17. The largest absolute Gasteiger partial charge is 0.396 e. The zero-order chi connectivity index (χ0) is 13.4. The lowest BCUT2D eigenvalue weighted by Crippen LogP contribution is -2.37. The van der Waals surface area contributed by atoms with Crippen LogP contribution in [-0.4, -0.2) is 23.9 Å². The van der Waals surface area contributed by atoms with Gasteiger partial charge in [0.1, 0.15) is 11.4 Å². The van der Waals surface area contributed by atoms with Gasteiger partial charge in [0, 0.05) is 13.1 Å². The van der Waals surface area contributed by atoms with Crippen molar-refractivity contribution in [2.45, 2.75) is 25.8 Å². The second kappa shape index (κ2) is 4.55. The number of rotatable bonds is 3. The number of benzene rings is 1. The molecule has 0 radical (unpaired) electrons. The van der Waals surface area contributed by atoms with E-state index in [4.69, 9.17) is 5.73 Å². The lowest BCUT2D eigenvalue weighted by Gasteiger charge is -2.25. The van der Waals surface area contributed by atoms with Crippen molar-refractivity contribution in [3.05, 3.63) is 29.3 Å². The van der Waals surface area contributed by atoms with Crippen LogP contribution in [0.25, 0.3) is 0 Å². The van der Waals surface area contributed by atoms with Crippen molar-refractivity contribution < 1.29 is 13.6 Å². The molecule has 0 heterocycles. The summed E-state index contributed by atoms with van der Waals surface area (Å²) in [6, 6.07) is 2.12. The van der Waals surface area contributed by atoms with Gasteiger partial charge in [0.15, 0.2) is 5.82 Å². The smallest absolute Gasteiger partial charge is 0.259 e. The van der Waals surface area contributed by atoms with E-state index in [1.54, 1.807) is 7.05 Å². The molecule has 0 spiro atoms. The molecule has 1 aromatic carbocycles. The van der Waals surface area contributed by atoms with Crippen LogP contribution in [0.5, 0.6) is 0 Å². The van der Waals surface area contributed by atoms with Crippen LogP contribution in [0.3, 0.4) is 0 Å². The Balaban J connectivity index is 2.30. The van der Waals surface area contributed by atoms with Crippen molar-refractivity contribution in [1.82, 2.24) is 4.90 Å². The van der Waals surface area contributed by atoms with Crippen molar-refractivity contribution in [2.75, 3.05) is 12.8 Å². The number of halogens is 2. The molecule has 1 aliphatic rings. The zero-order valence-corrected chi connectivity index (χ0v) is 10.4. The summed E-state index contributed by atoms with van der Waals surface area (Å²) < 4.78 is 27.3. The minimum Gasteiger partial charge on any atom is -0.396 e. The number of amides is 1. The van der Waals surface area contributed by atoms with Gasteiger partial charge in [-0.25, -0.2) is 8.78 Å². The quantitative estimate of drug-likeness (QED) is 0.842. The first-order valence-corrected chi connectivity index (χ1v) is 5.94. The monoisotopic (exact) mass is 254 g/mol. The second-order valence-corrected chi connectivity index (χ2v) is 4.82. The molecule has 0 aromatic heterocycles. The summed E-state index contributed by atoms with van der Waals surface area (Å²) in [5, 5.41) is 0. The standard InChI is InChI=1S/C13H16F2N2O/c1-7(8-3-4-8)17(2)13(18)11-9(14)5-6-10(16)12(11)15/h5-8H,3-4,16H2,1-2H3. The summed E-state index contributed by atoms with van der Waals surface area (Å²) >= 11 is 0. The summed E-state index contributed by atoms with van der Waals surface area (Å²) in [6.45, 7) is 1.89. The summed E-state index contributed by atoms with van der Waals surface area (Å²) in [5.74, 6) is -2.07.